The number of imidazole rings is 1. The molecule has 0 aromatic carbocycles. The number of aliphatic hydroxyl groups excluding tert-OH is 1. The molecule has 4 rings (SSSR count). The molecule has 2 aliphatic rings. The fraction of sp³-hybridized carbons (Fsp3) is 0.462. The molecule has 4 heterocycles. The molecule has 116 valence electrons. The minimum absolute atomic E-state index is 0.0167. The van der Waals surface area contributed by atoms with Crippen LogP contribution in [-0.2, 0) is 4.74 Å². The van der Waals surface area contributed by atoms with Gasteiger partial charge in [-0.05, 0) is 12.8 Å². The summed E-state index contributed by atoms with van der Waals surface area (Å²) >= 11 is 0. The zero-order valence-electron chi connectivity index (χ0n) is 11.8. The van der Waals surface area contributed by atoms with Crippen molar-refractivity contribution < 1.29 is 9.84 Å². The lowest BCUT2D eigenvalue weighted by atomic mass is 10.2. The molecule has 9 nitrogen and oxygen atoms in total. The minimum Gasteiger partial charge on any atom is -0.394 e. The highest BCUT2D eigenvalue weighted by molar-refractivity contribution is 6.05. The molecule has 0 amide bonds. The maximum atomic E-state index is 9.23. The van der Waals surface area contributed by atoms with Gasteiger partial charge in [-0.3, -0.25) is 10.7 Å². The molecule has 0 aliphatic carbocycles. The molecule has 6 N–H and O–H groups in total. The number of ether oxygens (including phenoxy) is 1. The molecule has 22 heavy (non-hydrogen) atoms. The third-order valence-electron chi connectivity index (χ3n) is 4.03. The first-order chi connectivity index (χ1) is 10.7. The van der Waals surface area contributed by atoms with Crippen LogP contribution >= 0.6 is 0 Å². The molecule has 1 saturated heterocycles. The van der Waals surface area contributed by atoms with Gasteiger partial charge >= 0.3 is 0 Å². The predicted octanol–water partition coefficient (Wildman–Crippen LogP) is -0.230. The smallest absolute Gasteiger partial charge is 0.172 e. The first kappa shape index (κ1) is 13.4. The summed E-state index contributed by atoms with van der Waals surface area (Å²) in [4.78, 5) is 12.8. The number of hydrogen-bond acceptors (Lipinski definition) is 8. The van der Waals surface area contributed by atoms with E-state index in [9.17, 15) is 5.11 Å². The summed E-state index contributed by atoms with van der Waals surface area (Å²) in [5.41, 5.74) is 14.0. The Morgan fingerprint density at radius 3 is 3.09 bits per heavy atom. The Kier molecular flexibility index (Phi) is 2.99. The predicted molar refractivity (Wildman–Crippen MR) is 81.4 cm³/mol. The van der Waals surface area contributed by atoms with Gasteiger partial charge < -0.3 is 25.5 Å². The van der Waals surface area contributed by atoms with Crippen molar-refractivity contribution >= 4 is 28.9 Å². The highest BCUT2D eigenvalue weighted by Crippen LogP contribution is 2.35. The lowest BCUT2D eigenvalue weighted by Gasteiger charge is -2.20. The average Bonchev–Trinajstić information content (AvgIpc) is 3.13. The van der Waals surface area contributed by atoms with Crippen molar-refractivity contribution in [2.45, 2.75) is 31.5 Å². The number of aliphatic imine (C=N–C) groups is 1. The number of aliphatic hydroxyl groups is 1. The molecule has 0 spiro atoms. The SMILES string of the molecule is Nc1nc2c(c3c1ncn3[C@H]1CC[C@@H](CO)O1)C=NC(N)N2. The van der Waals surface area contributed by atoms with Crippen LogP contribution in [0.3, 0.4) is 0 Å². The van der Waals surface area contributed by atoms with Crippen LogP contribution in [0.4, 0.5) is 11.6 Å². The quantitative estimate of drug-likeness (QED) is 0.601. The Labute approximate surface area is 126 Å². The highest BCUT2D eigenvalue weighted by atomic mass is 16.5. The summed E-state index contributed by atoms with van der Waals surface area (Å²) in [6, 6.07) is 0. The van der Waals surface area contributed by atoms with Crippen molar-refractivity contribution in [2.75, 3.05) is 17.7 Å². The number of nitrogens with two attached hydrogens (primary N) is 2. The van der Waals surface area contributed by atoms with Gasteiger partial charge in [-0.15, -0.1) is 0 Å². The fourth-order valence-electron chi connectivity index (χ4n) is 2.97. The molecule has 1 fully saturated rings. The standard InChI is InChI=1S/C13H17N7O2/c14-11-9-10(7-3-16-13(15)19-12(7)18-11)20(5-17-9)8-2-1-6(4-21)22-8/h3,5-6,8,13,21H,1-2,4,15H2,(H3,14,18,19)/t6-,8+,13?/m0/s1. The molecule has 2 aromatic heterocycles. The molecular formula is C13H17N7O2. The van der Waals surface area contributed by atoms with E-state index in [0.29, 0.717) is 17.2 Å². The summed E-state index contributed by atoms with van der Waals surface area (Å²) < 4.78 is 7.76. The third kappa shape index (κ3) is 1.94. The van der Waals surface area contributed by atoms with Crippen LogP contribution in [-0.4, -0.2) is 44.9 Å². The van der Waals surface area contributed by atoms with Crippen LogP contribution in [0.5, 0.6) is 0 Å². The average molecular weight is 303 g/mol. The summed E-state index contributed by atoms with van der Waals surface area (Å²) in [5.74, 6) is 0.921. The lowest BCUT2D eigenvalue weighted by molar-refractivity contribution is -0.0204. The molecule has 2 aromatic rings. The number of hydrogen-bond donors (Lipinski definition) is 4. The van der Waals surface area contributed by atoms with Gasteiger partial charge in [0.2, 0.25) is 0 Å². The summed E-state index contributed by atoms with van der Waals surface area (Å²) in [6.45, 7) is 0.0167. The van der Waals surface area contributed by atoms with Crippen molar-refractivity contribution in [1.82, 2.24) is 14.5 Å². The Balaban J connectivity index is 1.86. The van der Waals surface area contributed by atoms with Crippen molar-refractivity contribution in [3.8, 4) is 0 Å². The number of nitrogens with zero attached hydrogens (tertiary/aromatic N) is 4. The maximum absolute atomic E-state index is 9.23. The van der Waals surface area contributed by atoms with E-state index in [2.05, 4.69) is 20.3 Å². The second kappa shape index (κ2) is 4.90. The normalized spacial score (nSPS) is 27.1. The molecule has 0 bridgehead atoms. The maximum Gasteiger partial charge on any atom is 0.172 e. The number of pyridine rings is 1. The van der Waals surface area contributed by atoms with Gasteiger partial charge in [0.1, 0.15) is 17.6 Å². The van der Waals surface area contributed by atoms with Gasteiger partial charge in [-0.1, -0.05) is 0 Å². The van der Waals surface area contributed by atoms with Crippen LogP contribution in [0, 0.1) is 0 Å². The molecular weight excluding hydrogens is 286 g/mol. The molecule has 1 unspecified atom stereocenters. The van der Waals surface area contributed by atoms with Crippen molar-refractivity contribution in [3.63, 3.8) is 0 Å². The highest BCUT2D eigenvalue weighted by Gasteiger charge is 2.29. The largest absolute Gasteiger partial charge is 0.394 e. The van der Waals surface area contributed by atoms with Gasteiger partial charge in [-0.25, -0.2) is 9.97 Å². The number of fused-ring (bicyclic) bond motifs is 3. The van der Waals surface area contributed by atoms with E-state index in [1.165, 1.54) is 0 Å². The van der Waals surface area contributed by atoms with Crippen LogP contribution in [0.2, 0.25) is 0 Å². The topological polar surface area (TPSA) is 137 Å². The number of nitrogen functional groups attached to an aromatic ring is 1. The van der Waals surface area contributed by atoms with Gasteiger partial charge in [0.05, 0.1) is 30.1 Å². The fourth-order valence-corrected chi connectivity index (χ4v) is 2.97. The van der Waals surface area contributed by atoms with Crippen LogP contribution in [0.15, 0.2) is 11.3 Å². The summed E-state index contributed by atoms with van der Waals surface area (Å²) in [5, 5.41) is 12.2. The second-order valence-electron chi connectivity index (χ2n) is 5.45. The Morgan fingerprint density at radius 2 is 2.32 bits per heavy atom. The van der Waals surface area contributed by atoms with Crippen molar-refractivity contribution in [3.05, 3.63) is 11.9 Å². The lowest BCUT2D eigenvalue weighted by Crippen LogP contribution is -2.31. The first-order valence-corrected chi connectivity index (χ1v) is 7.15. The molecule has 0 radical (unpaired) electrons. The zero-order chi connectivity index (χ0) is 15.3. The number of nitrogens with one attached hydrogen (secondary N) is 1. The Bertz CT molecular complexity index is 756. The van der Waals surface area contributed by atoms with E-state index in [-0.39, 0.29) is 18.9 Å². The number of aromatic nitrogens is 3. The van der Waals surface area contributed by atoms with Gasteiger partial charge in [0, 0.05) is 6.21 Å². The van der Waals surface area contributed by atoms with Crippen molar-refractivity contribution in [1.29, 1.82) is 0 Å². The van der Waals surface area contributed by atoms with E-state index in [1.54, 1.807) is 12.5 Å². The van der Waals surface area contributed by atoms with Gasteiger partial charge in [0.25, 0.3) is 0 Å². The molecule has 3 atom stereocenters. The summed E-state index contributed by atoms with van der Waals surface area (Å²) in [7, 11) is 0. The van der Waals surface area contributed by atoms with E-state index in [0.717, 1.165) is 23.9 Å². The number of rotatable bonds is 2. The monoisotopic (exact) mass is 303 g/mol. The Morgan fingerprint density at radius 1 is 1.45 bits per heavy atom. The minimum atomic E-state index is -0.533. The van der Waals surface area contributed by atoms with E-state index >= 15 is 0 Å². The summed E-state index contributed by atoms with van der Waals surface area (Å²) in [6.07, 6.45) is 4.13. The van der Waals surface area contributed by atoms with Crippen molar-refractivity contribution in [2.24, 2.45) is 10.7 Å². The van der Waals surface area contributed by atoms with Crippen LogP contribution in [0.1, 0.15) is 24.6 Å². The third-order valence-corrected chi connectivity index (χ3v) is 4.03. The van der Waals surface area contributed by atoms with Crippen LogP contribution < -0.4 is 16.8 Å². The van der Waals surface area contributed by atoms with E-state index < -0.39 is 6.29 Å². The van der Waals surface area contributed by atoms with Crippen LogP contribution in [0.25, 0.3) is 11.0 Å². The molecule has 9 heteroatoms. The first-order valence-electron chi connectivity index (χ1n) is 7.15. The molecule has 0 saturated carbocycles. The Hall–Kier alpha value is -2.23. The van der Waals surface area contributed by atoms with E-state index in [4.69, 9.17) is 16.2 Å². The van der Waals surface area contributed by atoms with Gasteiger partial charge in [-0.2, -0.15) is 0 Å². The molecule has 2 aliphatic heterocycles. The zero-order valence-corrected chi connectivity index (χ0v) is 11.8. The second-order valence-corrected chi connectivity index (χ2v) is 5.45. The van der Waals surface area contributed by atoms with Gasteiger partial charge in [0.15, 0.2) is 12.1 Å². The van der Waals surface area contributed by atoms with E-state index in [1.807, 2.05) is 4.57 Å². The number of anilines is 2.